The third-order valence-electron chi connectivity index (χ3n) is 5.22. The van der Waals surface area contributed by atoms with Gasteiger partial charge in [-0.3, -0.25) is 0 Å². The van der Waals surface area contributed by atoms with Crippen molar-refractivity contribution >= 4 is 15.7 Å². The summed E-state index contributed by atoms with van der Waals surface area (Å²) < 4.78 is 27.5. The molecule has 0 amide bonds. The van der Waals surface area contributed by atoms with Gasteiger partial charge in [0, 0.05) is 30.7 Å². The molecule has 0 spiro atoms. The number of aryl methyl sites for hydroxylation is 1. The van der Waals surface area contributed by atoms with Gasteiger partial charge in [0.1, 0.15) is 0 Å². The van der Waals surface area contributed by atoms with Gasteiger partial charge in [-0.05, 0) is 44.4 Å². The molecule has 2 atom stereocenters. The number of hydrogen-bond acceptors (Lipinski definition) is 3. The SMILES string of the molecule is CC1=CC=C(S(=O)(=O)N2C[C@@H]3Nc4ccc(C)cc4[C@@H]3C2)CC1. The molecule has 5 heteroatoms. The van der Waals surface area contributed by atoms with E-state index in [1.165, 1.54) is 16.7 Å². The molecule has 4 rings (SSSR count). The molecule has 0 unspecified atom stereocenters. The first-order chi connectivity index (χ1) is 10.9. The molecule has 0 saturated carbocycles. The van der Waals surface area contributed by atoms with Crippen molar-refractivity contribution in [1.82, 2.24) is 4.31 Å². The van der Waals surface area contributed by atoms with Crippen LogP contribution in [0, 0.1) is 6.92 Å². The Kier molecular flexibility index (Phi) is 3.39. The fourth-order valence-corrected chi connectivity index (χ4v) is 5.49. The van der Waals surface area contributed by atoms with Crippen molar-refractivity contribution in [2.24, 2.45) is 0 Å². The summed E-state index contributed by atoms with van der Waals surface area (Å²) in [7, 11) is -3.33. The topological polar surface area (TPSA) is 49.4 Å². The summed E-state index contributed by atoms with van der Waals surface area (Å²) in [6.45, 7) is 5.26. The largest absolute Gasteiger partial charge is 0.380 e. The van der Waals surface area contributed by atoms with Crippen LogP contribution in [0.5, 0.6) is 0 Å². The van der Waals surface area contributed by atoms with Gasteiger partial charge in [-0.2, -0.15) is 4.31 Å². The van der Waals surface area contributed by atoms with Gasteiger partial charge in [-0.25, -0.2) is 8.42 Å². The molecule has 1 aromatic rings. The molecular weight excluding hydrogens is 308 g/mol. The number of rotatable bonds is 2. The van der Waals surface area contributed by atoms with E-state index >= 15 is 0 Å². The zero-order chi connectivity index (χ0) is 16.2. The lowest BCUT2D eigenvalue weighted by Gasteiger charge is -2.21. The fraction of sp³-hybridized carbons (Fsp3) is 0.444. The number of nitrogens with one attached hydrogen (secondary N) is 1. The molecule has 1 saturated heterocycles. The van der Waals surface area contributed by atoms with Crippen LogP contribution in [-0.2, 0) is 10.0 Å². The predicted molar refractivity (Wildman–Crippen MR) is 92.9 cm³/mol. The lowest BCUT2D eigenvalue weighted by Crippen LogP contribution is -2.32. The van der Waals surface area contributed by atoms with E-state index in [1.54, 1.807) is 10.4 Å². The standard InChI is InChI=1S/C18H22N2O2S/c1-12-3-6-14(7-4-12)23(21,22)20-10-16-15-9-13(2)5-8-17(15)19-18(16)11-20/h3,5-6,8-9,16,18-19H,4,7,10-11H2,1-2H3/t16-,18-/m0/s1. The van der Waals surface area contributed by atoms with E-state index in [4.69, 9.17) is 0 Å². The highest BCUT2D eigenvalue weighted by molar-refractivity contribution is 7.93. The number of allylic oxidation sites excluding steroid dienone is 4. The zero-order valence-corrected chi connectivity index (χ0v) is 14.4. The maximum atomic E-state index is 12.9. The lowest BCUT2D eigenvalue weighted by atomic mass is 9.97. The van der Waals surface area contributed by atoms with Gasteiger partial charge in [0.25, 0.3) is 0 Å². The Labute approximate surface area is 137 Å². The highest BCUT2D eigenvalue weighted by Gasteiger charge is 2.44. The van der Waals surface area contributed by atoms with Crippen molar-refractivity contribution in [3.05, 3.63) is 52.0 Å². The van der Waals surface area contributed by atoms with Crippen LogP contribution in [0.3, 0.4) is 0 Å². The van der Waals surface area contributed by atoms with E-state index in [0.29, 0.717) is 24.4 Å². The Morgan fingerprint density at radius 2 is 1.96 bits per heavy atom. The maximum Gasteiger partial charge on any atom is 0.239 e. The molecule has 0 bridgehead atoms. The molecule has 122 valence electrons. The normalized spacial score (nSPS) is 27.0. The minimum atomic E-state index is -3.33. The quantitative estimate of drug-likeness (QED) is 0.906. The van der Waals surface area contributed by atoms with E-state index in [2.05, 4.69) is 30.4 Å². The number of benzene rings is 1. The Balaban J connectivity index is 1.60. The van der Waals surface area contributed by atoms with Gasteiger partial charge in [-0.15, -0.1) is 0 Å². The highest BCUT2D eigenvalue weighted by atomic mass is 32.2. The first kappa shape index (κ1) is 15.0. The van der Waals surface area contributed by atoms with Crippen LogP contribution in [-0.4, -0.2) is 31.9 Å². The molecule has 1 aromatic carbocycles. The van der Waals surface area contributed by atoms with E-state index < -0.39 is 10.0 Å². The molecule has 4 nitrogen and oxygen atoms in total. The average Bonchev–Trinajstić information content (AvgIpc) is 3.06. The Morgan fingerprint density at radius 3 is 2.70 bits per heavy atom. The lowest BCUT2D eigenvalue weighted by molar-refractivity contribution is 0.474. The maximum absolute atomic E-state index is 12.9. The van der Waals surface area contributed by atoms with Crippen molar-refractivity contribution in [2.75, 3.05) is 18.4 Å². The Morgan fingerprint density at radius 1 is 1.13 bits per heavy atom. The van der Waals surface area contributed by atoms with Crippen LogP contribution in [0.15, 0.2) is 40.8 Å². The molecule has 3 aliphatic rings. The molecule has 0 aromatic heterocycles. The van der Waals surface area contributed by atoms with Crippen LogP contribution in [0.25, 0.3) is 0 Å². The van der Waals surface area contributed by atoms with Gasteiger partial charge in [0.05, 0.1) is 4.91 Å². The third-order valence-corrected chi connectivity index (χ3v) is 7.21. The second-order valence-corrected chi connectivity index (χ2v) is 8.91. The van der Waals surface area contributed by atoms with Crippen LogP contribution >= 0.6 is 0 Å². The van der Waals surface area contributed by atoms with E-state index in [0.717, 1.165) is 12.1 Å². The van der Waals surface area contributed by atoms with Gasteiger partial charge in [-0.1, -0.05) is 29.3 Å². The fourth-order valence-electron chi connectivity index (χ4n) is 3.85. The Bertz CT molecular complexity index is 823. The number of nitrogens with zero attached hydrogens (tertiary/aromatic N) is 1. The summed E-state index contributed by atoms with van der Waals surface area (Å²) >= 11 is 0. The van der Waals surface area contributed by atoms with Gasteiger partial charge in [0.2, 0.25) is 10.0 Å². The van der Waals surface area contributed by atoms with Crippen molar-refractivity contribution in [3.63, 3.8) is 0 Å². The van der Waals surface area contributed by atoms with Crippen molar-refractivity contribution in [1.29, 1.82) is 0 Å². The number of fused-ring (bicyclic) bond motifs is 3. The zero-order valence-electron chi connectivity index (χ0n) is 13.5. The van der Waals surface area contributed by atoms with Crippen LogP contribution < -0.4 is 5.32 Å². The minimum absolute atomic E-state index is 0.197. The first-order valence-electron chi connectivity index (χ1n) is 8.19. The number of anilines is 1. The molecule has 1 aliphatic carbocycles. The number of sulfonamides is 1. The second kappa shape index (κ2) is 5.21. The molecule has 23 heavy (non-hydrogen) atoms. The summed E-state index contributed by atoms with van der Waals surface area (Å²) in [5.74, 6) is 0.265. The van der Waals surface area contributed by atoms with Crippen LogP contribution in [0.4, 0.5) is 5.69 Å². The Hall–Kier alpha value is -1.59. The summed E-state index contributed by atoms with van der Waals surface area (Å²) in [4.78, 5) is 0.563. The first-order valence-corrected chi connectivity index (χ1v) is 9.63. The molecular formula is C18H22N2O2S. The van der Waals surface area contributed by atoms with E-state index in [-0.39, 0.29) is 12.0 Å². The second-order valence-electron chi connectivity index (χ2n) is 6.92. The molecule has 1 fully saturated rings. The van der Waals surface area contributed by atoms with Crippen molar-refractivity contribution in [2.45, 2.75) is 38.6 Å². The molecule has 2 aliphatic heterocycles. The van der Waals surface area contributed by atoms with Crippen molar-refractivity contribution < 1.29 is 8.42 Å². The van der Waals surface area contributed by atoms with Gasteiger partial charge in [0.15, 0.2) is 0 Å². The smallest absolute Gasteiger partial charge is 0.239 e. The summed E-state index contributed by atoms with van der Waals surface area (Å²) in [6, 6.07) is 6.60. The van der Waals surface area contributed by atoms with Gasteiger partial charge >= 0.3 is 0 Å². The summed E-state index contributed by atoms with van der Waals surface area (Å²) in [5, 5.41) is 3.50. The predicted octanol–water partition coefficient (Wildman–Crippen LogP) is 3.14. The molecule has 1 N–H and O–H groups in total. The van der Waals surface area contributed by atoms with E-state index in [1.807, 2.05) is 13.0 Å². The van der Waals surface area contributed by atoms with Gasteiger partial charge < -0.3 is 5.32 Å². The summed E-state index contributed by atoms with van der Waals surface area (Å²) in [6.07, 6.45) is 5.18. The number of hydrogen-bond donors (Lipinski definition) is 1. The van der Waals surface area contributed by atoms with Crippen LogP contribution in [0.1, 0.15) is 36.8 Å². The highest BCUT2D eigenvalue weighted by Crippen LogP contribution is 2.42. The monoisotopic (exact) mass is 330 g/mol. The minimum Gasteiger partial charge on any atom is -0.380 e. The average molecular weight is 330 g/mol. The summed E-state index contributed by atoms with van der Waals surface area (Å²) in [5.41, 5.74) is 4.90. The van der Waals surface area contributed by atoms with Crippen molar-refractivity contribution in [3.8, 4) is 0 Å². The van der Waals surface area contributed by atoms with E-state index in [9.17, 15) is 8.42 Å². The third kappa shape index (κ3) is 2.42. The molecule has 0 radical (unpaired) electrons. The molecule has 2 heterocycles. The van der Waals surface area contributed by atoms with Crippen LogP contribution in [0.2, 0.25) is 0 Å².